The van der Waals surface area contributed by atoms with Gasteiger partial charge in [-0.3, -0.25) is 4.52 Å². The van der Waals surface area contributed by atoms with Crippen LogP contribution in [0.5, 0.6) is 0 Å². The Balaban J connectivity index is 4.40. The van der Waals surface area contributed by atoms with Gasteiger partial charge in [-0.05, 0) is 0 Å². The fraction of sp³-hybridized carbons (Fsp3) is 1.00. The van der Waals surface area contributed by atoms with Crippen molar-refractivity contribution in [2.45, 2.75) is 24.4 Å². The van der Waals surface area contributed by atoms with Crippen molar-refractivity contribution in [3.05, 3.63) is 0 Å². The van der Waals surface area contributed by atoms with Crippen molar-refractivity contribution in [3.8, 4) is 0 Å². The molecule has 0 aliphatic heterocycles. The Morgan fingerprint density at radius 3 is 2.06 bits per heavy atom. The lowest BCUT2D eigenvalue weighted by Crippen LogP contribution is -2.47. The molecule has 9 nitrogen and oxygen atoms in total. The molecule has 0 aromatic rings. The van der Waals surface area contributed by atoms with Crippen molar-refractivity contribution >= 4 is 7.82 Å². The minimum Gasteiger partial charge on any atom is -0.394 e. The fourth-order valence-electron chi connectivity index (χ4n) is 0.773. The molecule has 10 heteroatoms. The molecule has 4 atom stereocenters. The van der Waals surface area contributed by atoms with Crippen molar-refractivity contribution in [3.63, 3.8) is 0 Å². The molecule has 0 aliphatic rings. The van der Waals surface area contributed by atoms with Gasteiger partial charge in [-0.25, -0.2) is 4.57 Å². The highest BCUT2D eigenvalue weighted by molar-refractivity contribution is 7.46. The lowest BCUT2D eigenvalue weighted by molar-refractivity contribution is -0.122. The molecular formula is C6H15O9P. The minimum atomic E-state index is -4.85. The number of aliphatic hydroxyl groups is 5. The summed E-state index contributed by atoms with van der Waals surface area (Å²) in [6.07, 6.45) is -9.15. The highest BCUT2D eigenvalue weighted by Gasteiger charge is 2.31. The normalized spacial score (nSPS) is 23.1. The Bertz CT molecular complexity index is 279. The van der Waals surface area contributed by atoms with Crippen molar-refractivity contribution < 1.29 is 45.8 Å². The van der Waals surface area contributed by atoms with Crippen LogP contribution in [0.2, 0.25) is 0 Å². The van der Waals surface area contributed by atoms with Crippen molar-refractivity contribution in [1.82, 2.24) is 0 Å². The zero-order valence-corrected chi connectivity index (χ0v) is 8.93. The summed E-state index contributed by atoms with van der Waals surface area (Å²) in [6, 6.07) is 0. The summed E-state index contributed by atoms with van der Waals surface area (Å²) in [5.41, 5.74) is 0. The number of hydrogen-bond donors (Lipinski definition) is 7. The smallest absolute Gasteiger partial charge is 0.394 e. The van der Waals surface area contributed by atoms with Crippen LogP contribution >= 0.6 is 7.82 Å². The van der Waals surface area contributed by atoms with Crippen molar-refractivity contribution in [2.24, 2.45) is 0 Å². The summed E-state index contributed by atoms with van der Waals surface area (Å²) < 4.78 is 21.1. The second-order valence-corrected chi connectivity index (χ2v) is 4.18. The van der Waals surface area contributed by atoms with Gasteiger partial charge >= 0.3 is 7.82 Å². The molecule has 0 unspecified atom stereocenters. The largest absolute Gasteiger partial charge is 0.469 e. The van der Waals surface area contributed by atoms with E-state index in [9.17, 15) is 14.8 Å². The van der Waals surface area contributed by atoms with Gasteiger partial charge in [0.05, 0.1) is 14.6 Å². The summed E-state index contributed by atoms with van der Waals surface area (Å²) in [6.45, 7) is -2.23. The van der Waals surface area contributed by atoms with E-state index in [0.717, 1.165) is 0 Å². The standard InChI is InChI=1S/C6H15O9P/c7-1-3(8)5(10)6(11)4(9)2-15-16(12,13)14/h3-11H,1-2H2,(H2,12,13,14)/t3-,4-,5-,6-/m1/s1/i3D. The van der Waals surface area contributed by atoms with Crippen LogP contribution in [0.25, 0.3) is 0 Å². The Morgan fingerprint density at radius 1 is 1.19 bits per heavy atom. The van der Waals surface area contributed by atoms with E-state index in [1.54, 1.807) is 0 Å². The van der Waals surface area contributed by atoms with Crippen LogP contribution in [0.3, 0.4) is 0 Å². The van der Waals surface area contributed by atoms with Crippen LogP contribution in [-0.2, 0) is 9.09 Å². The van der Waals surface area contributed by atoms with E-state index in [2.05, 4.69) is 4.52 Å². The topological polar surface area (TPSA) is 168 Å². The zero-order chi connectivity index (χ0) is 13.9. The Kier molecular flexibility index (Phi) is 5.76. The second kappa shape index (κ2) is 6.60. The van der Waals surface area contributed by atoms with Gasteiger partial charge in [0.25, 0.3) is 0 Å². The van der Waals surface area contributed by atoms with E-state index in [1.807, 2.05) is 0 Å². The molecule has 0 saturated carbocycles. The first kappa shape index (κ1) is 14.0. The van der Waals surface area contributed by atoms with E-state index in [4.69, 9.17) is 26.5 Å². The molecule has 0 aromatic heterocycles. The summed E-state index contributed by atoms with van der Waals surface area (Å²) in [5.74, 6) is 0. The maximum Gasteiger partial charge on any atom is 0.469 e. The van der Waals surface area contributed by atoms with Crippen LogP contribution in [0.15, 0.2) is 0 Å². The average Bonchev–Trinajstić information content (AvgIpc) is 2.22. The van der Waals surface area contributed by atoms with E-state index in [0.29, 0.717) is 0 Å². The molecule has 0 fully saturated rings. The Morgan fingerprint density at radius 2 is 1.69 bits per heavy atom. The Hall–Kier alpha value is -0.0900. The van der Waals surface area contributed by atoms with Crippen LogP contribution in [0, 0.1) is 0 Å². The average molecular weight is 263 g/mol. The molecule has 0 radical (unpaired) electrons. The van der Waals surface area contributed by atoms with E-state index in [-0.39, 0.29) is 0 Å². The molecule has 7 N–H and O–H groups in total. The van der Waals surface area contributed by atoms with Gasteiger partial charge in [0.15, 0.2) is 0 Å². The number of aliphatic hydroxyl groups excluding tert-OH is 4. The second-order valence-electron chi connectivity index (χ2n) is 2.94. The zero-order valence-electron chi connectivity index (χ0n) is 9.04. The summed E-state index contributed by atoms with van der Waals surface area (Å²) in [7, 11) is -4.85. The van der Waals surface area contributed by atoms with Crippen LogP contribution in [0.4, 0.5) is 0 Å². The molecule has 0 amide bonds. The highest BCUT2D eigenvalue weighted by atomic mass is 31.2. The molecule has 0 saturated heterocycles. The van der Waals surface area contributed by atoms with Crippen LogP contribution in [0.1, 0.15) is 1.37 Å². The monoisotopic (exact) mass is 263 g/mol. The first-order chi connectivity index (χ1) is 7.51. The van der Waals surface area contributed by atoms with Crippen molar-refractivity contribution in [1.29, 1.82) is 0 Å². The summed E-state index contributed by atoms with van der Waals surface area (Å²) >= 11 is 0. The van der Waals surface area contributed by atoms with E-state index >= 15 is 0 Å². The van der Waals surface area contributed by atoms with Crippen molar-refractivity contribution in [2.75, 3.05) is 13.2 Å². The third-order valence-electron chi connectivity index (χ3n) is 1.63. The van der Waals surface area contributed by atoms with Gasteiger partial charge in [-0.1, -0.05) is 0 Å². The minimum absolute atomic E-state index is 1.02. The number of hydrogen-bond acceptors (Lipinski definition) is 7. The summed E-state index contributed by atoms with van der Waals surface area (Å²) in [5, 5.41) is 45.1. The predicted molar refractivity (Wildman–Crippen MR) is 49.1 cm³/mol. The first-order valence-corrected chi connectivity index (χ1v) is 5.62. The van der Waals surface area contributed by atoms with Gasteiger partial charge in [0, 0.05) is 0 Å². The lowest BCUT2D eigenvalue weighted by atomic mass is 10.0. The molecular weight excluding hydrogens is 247 g/mol. The molecule has 0 spiro atoms. The van der Waals surface area contributed by atoms with Gasteiger partial charge < -0.3 is 35.3 Å². The first-order valence-electron chi connectivity index (χ1n) is 4.59. The molecule has 0 aromatic carbocycles. The molecule has 16 heavy (non-hydrogen) atoms. The van der Waals surface area contributed by atoms with Crippen LogP contribution in [-0.4, -0.2) is 72.9 Å². The molecule has 0 rings (SSSR count). The van der Waals surface area contributed by atoms with E-state index < -0.39 is 45.4 Å². The summed E-state index contributed by atoms with van der Waals surface area (Å²) in [4.78, 5) is 16.6. The number of phosphoric ester groups is 1. The highest BCUT2D eigenvalue weighted by Crippen LogP contribution is 2.35. The van der Waals surface area contributed by atoms with Gasteiger partial charge in [0.1, 0.15) is 24.4 Å². The SMILES string of the molecule is [2H][C@@](O)(CO)[C@@H](O)[C@H](O)[C@H](O)COP(=O)(O)O. The van der Waals surface area contributed by atoms with Crippen LogP contribution < -0.4 is 0 Å². The quantitative estimate of drug-likeness (QED) is 0.231. The fourth-order valence-corrected chi connectivity index (χ4v) is 1.12. The molecule has 0 heterocycles. The third-order valence-corrected chi connectivity index (χ3v) is 2.12. The Labute approximate surface area is 92.2 Å². The maximum atomic E-state index is 10.3. The van der Waals surface area contributed by atoms with Gasteiger partial charge in [-0.15, -0.1) is 0 Å². The number of rotatable bonds is 7. The molecule has 0 bridgehead atoms. The molecule has 0 aliphatic carbocycles. The van der Waals surface area contributed by atoms with Gasteiger partial charge in [-0.2, -0.15) is 0 Å². The molecule has 98 valence electrons. The third kappa shape index (κ3) is 5.85. The predicted octanol–water partition coefficient (Wildman–Crippen LogP) is -3.47. The number of phosphoric acid groups is 1. The van der Waals surface area contributed by atoms with E-state index in [1.165, 1.54) is 0 Å². The lowest BCUT2D eigenvalue weighted by Gasteiger charge is -2.25. The van der Waals surface area contributed by atoms with Gasteiger partial charge in [0.2, 0.25) is 0 Å². The maximum absolute atomic E-state index is 10.3.